The molecule has 0 aromatic heterocycles. The standard InChI is InChI=1S/C11H12BrF2N/c12-9-3-1-8(2-4-9)7-11(13,14)10(15)5-6-10/h1-4H,5-7,15H2. The molecule has 0 atom stereocenters. The Balaban J connectivity index is 2.11. The van der Waals surface area contributed by atoms with Crippen LogP contribution < -0.4 is 5.73 Å². The zero-order valence-electron chi connectivity index (χ0n) is 8.14. The van der Waals surface area contributed by atoms with E-state index in [-0.39, 0.29) is 6.42 Å². The molecule has 0 spiro atoms. The van der Waals surface area contributed by atoms with Gasteiger partial charge in [0.2, 0.25) is 0 Å². The third-order valence-corrected chi connectivity index (χ3v) is 3.39. The van der Waals surface area contributed by atoms with E-state index in [0.29, 0.717) is 18.4 Å². The van der Waals surface area contributed by atoms with Crippen molar-refractivity contribution in [2.45, 2.75) is 30.7 Å². The van der Waals surface area contributed by atoms with Crippen LogP contribution in [0.15, 0.2) is 28.7 Å². The van der Waals surface area contributed by atoms with Crippen molar-refractivity contribution in [2.24, 2.45) is 5.73 Å². The molecule has 1 nitrogen and oxygen atoms in total. The third-order valence-electron chi connectivity index (χ3n) is 2.86. The topological polar surface area (TPSA) is 26.0 Å². The number of nitrogens with two attached hydrogens (primary N) is 1. The molecule has 1 aromatic carbocycles. The number of halogens is 3. The second-order valence-electron chi connectivity index (χ2n) is 4.16. The summed E-state index contributed by atoms with van der Waals surface area (Å²) in [5, 5.41) is 0. The van der Waals surface area contributed by atoms with E-state index >= 15 is 0 Å². The number of hydrogen-bond donors (Lipinski definition) is 1. The van der Waals surface area contributed by atoms with Gasteiger partial charge < -0.3 is 5.73 Å². The molecule has 82 valence electrons. The van der Waals surface area contributed by atoms with Gasteiger partial charge in [0.15, 0.2) is 0 Å². The smallest absolute Gasteiger partial charge is 0.269 e. The van der Waals surface area contributed by atoms with Gasteiger partial charge in [-0.3, -0.25) is 0 Å². The largest absolute Gasteiger partial charge is 0.320 e. The van der Waals surface area contributed by atoms with Gasteiger partial charge in [0.05, 0.1) is 5.54 Å². The monoisotopic (exact) mass is 275 g/mol. The maximum absolute atomic E-state index is 13.6. The average molecular weight is 276 g/mol. The lowest BCUT2D eigenvalue weighted by atomic mass is 10.00. The van der Waals surface area contributed by atoms with E-state index in [1.807, 2.05) is 0 Å². The van der Waals surface area contributed by atoms with E-state index in [9.17, 15) is 8.78 Å². The normalized spacial score (nSPS) is 18.9. The van der Waals surface area contributed by atoms with Crippen LogP contribution in [0.3, 0.4) is 0 Å². The van der Waals surface area contributed by atoms with Gasteiger partial charge in [0, 0.05) is 10.9 Å². The highest BCUT2D eigenvalue weighted by atomic mass is 79.9. The second-order valence-corrected chi connectivity index (χ2v) is 5.08. The van der Waals surface area contributed by atoms with Gasteiger partial charge in [0.25, 0.3) is 5.92 Å². The third kappa shape index (κ3) is 2.21. The van der Waals surface area contributed by atoms with E-state index in [0.717, 1.165) is 4.47 Å². The fourth-order valence-electron chi connectivity index (χ4n) is 1.54. The van der Waals surface area contributed by atoms with Crippen molar-refractivity contribution in [2.75, 3.05) is 0 Å². The molecule has 0 amide bonds. The Bertz CT molecular complexity index is 357. The van der Waals surface area contributed by atoms with Crippen LogP contribution in [-0.2, 0) is 6.42 Å². The molecule has 0 aliphatic heterocycles. The highest BCUT2D eigenvalue weighted by molar-refractivity contribution is 9.10. The van der Waals surface area contributed by atoms with Crippen LogP contribution in [0.1, 0.15) is 18.4 Å². The molecule has 4 heteroatoms. The number of benzene rings is 1. The summed E-state index contributed by atoms with van der Waals surface area (Å²) in [5.74, 6) is -2.79. The van der Waals surface area contributed by atoms with Gasteiger partial charge >= 0.3 is 0 Å². The Hall–Kier alpha value is -0.480. The SMILES string of the molecule is NC1(C(F)(F)Cc2ccc(Br)cc2)CC1. The minimum absolute atomic E-state index is 0.267. The first kappa shape index (κ1) is 11.0. The molecule has 1 saturated carbocycles. The summed E-state index contributed by atoms with van der Waals surface area (Å²) >= 11 is 3.26. The molecule has 0 heterocycles. The predicted molar refractivity (Wildman–Crippen MR) is 58.9 cm³/mol. The van der Waals surface area contributed by atoms with Crippen LogP contribution >= 0.6 is 15.9 Å². The van der Waals surface area contributed by atoms with Crippen LogP contribution in [0.4, 0.5) is 8.78 Å². The molecule has 0 unspecified atom stereocenters. The molecule has 15 heavy (non-hydrogen) atoms. The molecule has 1 aliphatic carbocycles. The molecular formula is C11H12BrF2N. The summed E-state index contributed by atoms with van der Waals surface area (Å²) in [6, 6.07) is 6.93. The quantitative estimate of drug-likeness (QED) is 0.901. The Kier molecular flexibility index (Phi) is 2.59. The van der Waals surface area contributed by atoms with Crippen LogP contribution in [0.2, 0.25) is 0 Å². The first-order valence-electron chi connectivity index (χ1n) is 4.84. The number of alkyl halides is 2. The van der Waals surface area contributed by atoms with Gasteiger partial charge in [-0.05, 0) is 30.5 Å². The molecule has 0 bridgehead atoms. The van der Waals surface area contributed by atoms with Crippen molar-refractivity contribution in [1.29, 1.82) is 0 Å². The van der Waals surface area contributed by atoms with E-state index in [1.165, 1.54) is 0 Å². The first-order chi connectivity index (χ1) is 6.93. The fourth-order valence-corrected chi connectivity index (χ4v) is 1.80. The molecule has 0 saturated heterocycles. The second kappa shape index (κ2) is 3.52. The van der Waals surface area contributed by atoms with Gasteiger partial charge in [-0.15, -0.1) is 0 Å². The zero-order valence-corrected chi connectivity index (χ0v) is 9.73. The van der Waals surface area contributed by atoms with E-state index in [4.69, 9.17) is 5.73 Å². The summed E-state index contributed by atoms with van der Waals surface area (Å²) in [6.45, 7) is 0. The molecule has 2 N–H and O–H groups in total. The van der Waals surface area contributed by atoms with Crippen molar-refractivity contribution in [1.82, 2.24) is 0 Å². The summed E-state index contributed by atoms with van der Waals surface area (Å²) in [4.78, 5) is 0. The summed E-state index contributed by atoms with van der Waals surface area (Å²) < 4.78 is 28.2. The minimum Gasteiger partial charge on any atom is -0.320 e. The van der Waals surface area contributed by atoms with Crippen molar-refractivity contribution in [3.63, 3.8) is 0 Å². The highest BCUT2D eigenvalue weighted by Gasteiger charge is 2.58. The van der Waals surface area contributed by atoms with Crippen molar-refractivity contribution in [3.05, 3.63) is 34.3 Å². The zero-order chi connectivity index (χ0) is 11.1. The van der Waals surface area contributed by atoms with E-state index in [2.05, 4.69) is 15.9 Å². The van der Waals surface area contributed by atoms with Crippen molar-refractivity contribution in [3.8, 4) is 0 Å². The average Bonchev–Trinajstić information content (AvgIpc) is 2.89. The van der Waals surface area contributed by atoms with Gasteiger partial charge in [-0.2, -0.15) is 0 Å². The Morgan fingerprint density at radius 2 is 1.80 bits per heavy atom. The summed E-state index contributed by atoms with van der Waals surface area (Å²) in [5.41, 5.74) is 4.92. The molecule has 1 aromatic rings. The highest BCUT2D eigenvalue weighted by Crippen LogP contribution is 2.47. The van der Waals surface area contributed by atoms with Crippen LogP contribution in [0.25, 0.3) is 0 Å². The lowest BCUT2D eigenvalue weighted by Gasteiger charge is -2.23. The van der Waals surface area contributed by atoms with Gasteiger partial charge in [-0.25, -0.2) is 8.78 Å². The minimum atomic E-state index is -2.79. The Labute approximate surface area is 95.8 Å². The predicted octanol–water partition coefficient (Wildman–Crippen LogP) is 3.12. The summed E-state index contributed by atoms with van der Waals surface area (Å²) in [6.07, 6.45) is 0.587. The fraction of sp³-hybridized carbons (Fsp3) is 0.455. The van der Waals surface area contributed by atoms with Crippen LogP contribution in [0, 0.1) is 0 Å². The van der Waals surface area contributed by atoms with Gasteiger partial charge in [-0.1, -0.05) is 28.1 Å². The molecular weight excluding hydrogens is 264 g/mol. The van der Waals surface area contributed by atoms with E-state index in [1.54, 1.807) is 24.3 Å². The van der Waals surface area contributed by atoms with E-state index < -0.39 is 11.5 Å². The number of rotatable bonds is 3. The van der Waals surface area contributed by atoms with Crippen molar-refractivity contribution < 1.29 is 8.78 Å². The number of hydrogen-bond acceptors (Lipinski definition) is 1. The van der Waals surface area contributed by atoms with Gasteiger partial charge in [0.1, 0.15) is 0 Å². The molecule has 1 fully saturated rings. The molecule has 1 aliphatic rings. The molecule has 0 radical (unpaired) electrons. The van der Waals surface area contributed by atoms with Crippen molar-refractivity contribution >= 4 is 15.9 Å². The molecule has 2 rings (SSSR count). The lowest BCUT2D eigenvalue weighted by Crippen LogP contribution is -2.45. The maximum Gasteiger partial charge on any atom is 0.269 e. The summed E-state index contributed by atoms with van der Waals surface area (Å²) in [7, 11) is 0. The Morgan fingerprint density at radius 3 is 2.27 bits per heavy atom. The van der Waals surface area contributed by atoms with Crippen LogP contribution in [-0.4, -0.2) is 11.5 Å². The van der Waals surface area contributed by atoms with Crippen LogP contribution in [0.5, 0.6) is 0 Å². The first-order valence-corrected chi connectivity index (χ1v) is 5.63. The Morgan fingerprint density at radius 1 is 1.27 bits per heavy atom. The maximum atomic E-state index is 13.6. The lowest BCUT2D eigenvalue weighted by molar-refractivity contribution is -0.0350.